The number of aromatic nitrogens is 5. The number of aromatic amines is 1. The second-order valence-electron chi connectivity index (χ2n) is 6.52. The first-order valence-corrected chi connectivity index (χ1v) is 9.16. The van der Waals surface area contributed by atoms with Crippen LogP contribution in [-0.4, -0.2) is 36.8 Å². The van der Waals surface area contributed by atoms with E-state index in [1.165, 1.54) is 6.20 Å². The van der Waals surface area contributed by atoms with Crippen molar-refractivity contribution in [2.24, 2.45) is 0 Å². The molecule has 1 saturated carbocycles. The van der Waals surface area contributed by atoms with Crippen LogP contribution in [0.1, 0.15) is 23.2 Å². The molecule has 0 bridgehead atoms. The van der Waals surface area contributed by atoms with E-state index in [-0.39, 0.29) is 12.0 Å². The summed E-state index contributed by atoms with van der Waals surface area (Å²) in [6.07, 6.45) is 8.69. The molecule has 1 amide bonds. The smallest absolute Gasteiger partial charge is 0.261 e. The number of fused-ring (bicyclic) bond motifs is 1. The molecular weight excluding hydrogens is 380 g/mol. The number of halogens is 1. The topological polar surface area (TPSA) is 97.2 Å². The number of carbonyl (C=O) groups is 1. The molecule has 5 rings (SSSR count). The monoisotopic (exact) mass is 394 g/mol. The van der Waals surface area contributed by atoms with Gasteiger partial charge in [0, 0.05) is 23.0 Å². The largest absolute Gasteiger partial charge is 0.490 e. The van der Waals surface area contributed by atoms with E-state index in [1.807, 2.05) is 6.07 Å². The van der Waals surface area contributed by atoms with Gasteiger partial charge in [-0.05, 0) is 37.1 Å². The molecule has 1 fully saturated rings. The van der Waals surface area contributed by atoms with Crippen molar-refractivity contribution in [2.75, 3.05) is 5.32 Å². The number of nitrogens with zero attached hydrogens (tertiary/aromatic N) is 4. The van der Waals surface area contributed by atoms with E-state index >= 15 is 0 Å². The zero-order valence-electron chi connectivity index (χ0n) is 14.6. The van der Waals surface area contributed by atoms with Crippen LogP contribution in [0.4, 0.5) is 5.69 Å². The lowest BCUT2D eigenvalue weighted by Gasteiger charge is -2.12. The molecular formula is C19H15ClN6O2. The van der Waals surface area contributed by atoms with Gasteiger partial charge in [-0.25, -0.2) is 9.50 Å². The van der Waals surface area contributed by atoms with Crippen LogP contribution in [-0.2, 0) is 0 Å². The van der Waals surface area contributed by atoms with Gasteiger partial charge >= 0.3 is 0 Å². The number of ether oxygens (including phenoxy) is 1. The molecule has 1 aromatic carbocycles. The lowest BCUT2D eigenvalue weighted by Crippen LogP contribution is -2.12. The van der Waals surface area contributed by atoms with E-state index in [0.29, 0.717) is 33.4 Å². The van der Waals surface area contributed by atoms with Gasteiger partial charge in [0.15, 0.2) is 5.65 Å². The standard InChI is InChI=1S/C19H15ClN6O2/c20-11-2-5-16(28-12-3-4-12)13(8-11)17-15(10-22-25-17)24-19(27)14-9-23-26-7-1-6-21-18(14)26/h1-2,5-10,12H,3-4H2,(H,22,25)(H,24,27). The first-order valence-electron chi connectivity index (χ1n) is 8.79. The highest BCUT2D eigenvalue weighted by atomic mass is 35.5. The van der Waals surface area contributed by atoms with Gasteiger partial charge in [-0.3, -0.25) is 9.89 Å². The maximum Gasteiger partial charge on any atom is 0.261 e. The van der Waals surface area contributed by atoms with Crippen LogP contribution in [0.25, 0.3) is 16.9 Å². The zero-order chi connectivity index (χ0) is 19.1. The lowest BCUT2D eigenvalue weighted by molar-refractivity contribution is 0.102. The average Bonchev–Trinajstić information content (AvgIpc) is 3.22. The average molecular weight is 395 g/mol. The highest BCUT2D eigenvalue weighted by molar-refractivity contribution is 6.31. The van der Waals surface area contributed by atoms with Crippen LogP contribution in [0.15, 0.2) is 49.1 Å². The van der Waals surface area contributed by atoms with Crippen molar-refractivity contribution in [3.63, 3.8) is 0 Å². The van der Waals surface area contributed by atoms with E-state index in [9.17, 15) is 4.79 Å². The molecule has 140 valence electrons. The van der Waals surface area contributed by atoms with Gasteiger partial charge in [0.05, 0.1) is 29.9 Å². The molecule has 1 aliphatic rings. The predicted octanol–water partition coefficient (Wildman–Crippen LogP) is 3.57. The number of benzene rings is 1. The van der Waals surface area contributed by atoms with Gasteiger partial charge in [-0.15, -0.1) is 0 Å². The Morgan fingerprint density at radius 1 is 1.32 bits per heavy atom. The van der Waals surface area contributed by atoms with Gasteiger partial charge in [0.2, 0.25) is 0 Å². The Labute approximate surface area is 164 Å². The highest BCUT2D eigenvalue weighted by Gasteiger charge is 2.26. The summed E-state index contributed by atoms with van der Waals surface area (Å²) in [7, 11) is 0. The molecule has 8 nitrogen and oxygen atoms in total. The van der Waals surface area contributed by atoms with Crippen LogP contribution in [0.3, 0.4) is 0 Å². The van der Waals surface area contributed by atoms with Crippen molar-refractivity contribution in [1.29, 1.82) is 0 Å². The minimum Gasteiger partial charge on any atom is -0.490 e. The van der Waals surface area contributed by atoms with Gasteiger partial charge in [-0.2, -0.15) is 10.2 Å². The van der Waals surface area contributed by atoms with Gasteiger partial charge in [0.1, 0.15) is 11.3 Å². The van der Waals surface area contributed by atoms with Crippen molar-refractivity contribution in [2.45, 2.75) is 18.9 Å². The number of amides is 1. The SMILES string of the molecule is O=C(Nc1cn[nH]c1-c1cc(Cl)ccc1OC1CC1)c1cnn2cccnc12. The summed E-state index contributed by atoms with van der Waals surface area (Å²) >= 11 is 6.19. The molecule has 0 aliphatic heterocycles. The van der Waals surface area contributed by atoms with E-state index in [0.717, 1.165) is 18.4 Å². The predicted molar refractivity (Wildman–Crippen MR) is 104 cm³/mol. The Morgan fingerprint density at radius 3 is 3.07 bits per heavy atom. The van der Waals surface area contributed by atoms with Gasteiger partial charge < -0.3 is 10.1 Å². The molecule has 0 spiro atoms. The van der Waals surface area contributed by atoms with Crippen molar-refractivity contribution in [3.05, 3.63) is 59.6 Å². The molecule has 1 aliphatic carbocycles. The van der Waals surface area contributed by atoms with Crippen molar-refractivity contribution >= 4 is 28.8 Å². The molecule has 2 N–H and O–H groups in total. The normalized spacial score (nSPS) is 13.6. The lowest BCUT2D eigenvalue weighted by atomic mass is 10.1. The minimum absolute atomic E-state index is 0.228. The number of carbonyl (C=O) groups excluding carboxylic acids is 1. The number of H-pyrrole nitrogens is 1. The third-order valence-electron chi connectivity index (χ3n) is 4.44. The molecule has 0 saturated heterocycles. The summed E-state index contributed by atoms with van der Waals surface area (Å²) in [5, 5.41) is 14.6. The van der Waals surface area contributed by atoms with Crippen molar-refractivity contribution in [3.8, 4) is 17.0 Å². The first kappa shape index (κ1) is 16.8. The molecule has 4 aromatic rings. The molecule has 28 heavy (non-hydrogen) atoms. The second kappa shape index (κ2) is 6.65. The third-order valence-corrected chi connectivity index (χ3v) is 4.68. The molecule has 0 radical (unpaired) electrons. The van der Waals surface area contributed by atoms with Crippen LogP contribution in [0.2, 0.25) is 5.02 Å². The van der Waals surface area contributed by atoms with Crippen molar-refractivity contribution in [1.82, 2.24) is 24.8 Å². The van der Waals surface area contributed by atoms with Crippen LogP contribution in [0.5, 0.6) is 5.75 Å². The van der Waals surface area contributed by atoms with E-state index in [1.54, 1.807) is 41.3 Å². The zero-order valence-corrected chi connectivity index (χ0v) is 15.3. The summed E-state index contributed by atoms with van der Waals surface area (Å²) in [6.45, 7) is 0. The quantitative estimate of drug-likeness (QED) is 0.539. The summed E-state index contributed by atoms with van der Waals surface area (Å²) in [4.78, 5) is 17.0. The summed E-state index contributed by atoms with van der Waals surface area (Å²) < 4.78 is 7.53. The summed E-state index contributed by atoms with van der Waals surface area (Å²) in [6, 6.07) is 7.15. The van der Waals surface area contributed by atoms with Crippen LogP contribution >= 0.6 is 11.6 Å². The van der Waals surface area contributed by atoms with Crippen LogP contribution < -0.4 is 10.1 Å². The maximum atomic E-state index is 12.8. The van der Waals surface area contributed by atoms with Crippen molar-refractivity contribution < 1.29 is 9.53 Å². The third kappa shape index (κ3) is 3.07. The number of hydrogen-bond donors (Lipinski definition) is 2. The molecule has 9 heteroatoms. The van der Waals surface area contributed by atoms with E-state index in [2.05, 4.69) is 25.6 Å². The fourth-order valence-electron chi connectivity index (χ4n) is 2.93. The fourth-order valence-corrected chi connectivity index (χ4v) is 3.10. The summed E-state index contributed by atoms with van der Waals surface area (Å²) in [5.74, 6) is 0.368. The Morgan fingerprint density at radius 2 is 2.21 bits per heavy atom. The Bertz CT molecular complexity index is 1180. The Balaban J connectivity index is 1.48. The minimum atomic E-state index is -0.331. The second-order valence-corrected chi connectivity index (χ2v) is 6.95. The molecule has 0 atom stereocenters. The summed E-state index contributed by atoms with van der Waals surface area (Å²) in [5.41, 5.74) is 2.73. The highest BCUT2D eigenvalue weighted by Crippen LogP contribution is 2.38. The number of rotatable bonds is 5. The van der Waals surface area contributed by atoms with E-state index < -0.39 is 0 Å². The molecule has 0 unspecified atom stereocenters. The fraction of sp³-hybridized carbons (Fsp3) is 0.158. The van der Waals surface area contributed by atoms with Gasteiger partial charge in [0.25, 0.3) is 5.91 Å². The van der Waals surface area contributed by atoms with Gasteiger partial charge in [-0.1, -0.05) is 11.6 Å². The number of anilines is 1. The molecule has 3 heterocycles. The number of hydrogen-bond acceptors (Lipinski definition) is 5. The molecule has 3 aromatic heterocycles. The number of nitrogens with one attached hydrogen (secondary N) is 2. The first-order chi connectivity index (χ1) is 13.7. The van der Waals surface area contributed by atoms with Crippen LogP contribution in [0, 0.1) is 0 Å². The maximum absolute atomic E-state index is 12.8. The Hall–Kier alpha value is -3.39. The Kier molecular flexibility index (Phi) is 3.98. The van der Waals surface area contributed by atoms with E-state index in [4.69, 9.17) is 16.3 Å².